The van der Waals surface area contributed by atoms with Crippen molar-refractivity contribution in [1.29, 1.82) is 0 Å². The second kappa shape index (κ2) is 37.6. The lowest BCUT2D eigenvalue weighted by Crippen LogP contribution is -2.44. The Labute approximate surface area is 656 Å². The summed E-state index contributed by atoms with van der Waals surface area (Å²) in [5.74, 6) is 2.07. The van der Waals surface area contributed by atoms with E-state index >= 15 is 0 Å². The molecule has 1 amide bonds. The van der Waals surface area contributed by atoms with Gasteiger partial charge in [0.05, 0.1) is 6.26 Å². The first-order valence-corrected chi connectivity index (χ1v) is 44.0. The maximum absolute atomic E-state index is 13.2. The van der Waals surface area contributed by atoms with E-state index in [-0.39, 0.29) is 17.5 Å². The molecule has 5 aliphatic heterocycles. The quantitative estimate of drug-likeness (QED) is 0.0332. The number of hydrogen-bond donors (Lipinski definition) is 8. The van der Waals surface area contributed by atoms with Crippen LogP contribution >= 0.6 is 0 Å². The van der Waals surface area contributed by atoms with Crippen LogP contribution in [0.15, 0.2) is 146 Å². The molecule has 0 bridgehead atoms. The van der Waals surface area contributed by atoms with E-state index in [4.69, 9.17) is 9.47 Å². The number of amides is 1. The predicted octanol–water partition coefficient (Wildman–Crippen LogP) is 10.9. The van der Waals surface area contributed by atoms with Crippen molar-refractivity contribution in [3.8, 4) is 11.5 Å². The molecule has 26 nitrogen and oxygen atoms in total. The molecule has 0 saturated carbocycles. The summed E-state index contributed by atoms with van der Waals surface area (Å²) in [4.78, 5) is 33.6. The molecular weight excluding hydrogens is 1510 g/mol. The number of nitrogens with one attached hydrogen (secondary N) is 8. The van der Waals surface area contributed by atoms with Gasteiger partial charge in [-0.2, -0.15) is 42.5 Å². The third kappa shape index (κ3) is 21.2. The first-order valence-electron chi connectivity index (χ1n) is 37.8. The molecule has 2 fully saturated rings. The highest BCUT2D eigenvalue weighted by atomic mass is 32.2. The zero-order chi connectivity index (χ0) is 80.1. The van der Waals surface area contributed by atoms with Crippen molar-refractivity contribution in [2.24, 2.45) is 0 Å². The molecule has 5 aliphatic rings. The average molecular weight is 1620 g/mol. The lowest BCUT2D eigenvalue weighted by Gasteiger charge is -2.31. The van der Waals surface area contributed by atoms with Crippen LogP contribution in [0, 0.1) is 11.6 Å². The standard InChI is InChI=1S/C19H25N3O2.C18H25N3O3S.C15H21N3O2S.C14H18FN3O2S.C14H16FN3O2S/c1-14(23)22-8-6-15(7-9-22)18-13-20-19-12-16(4-5-17(18)19)24-11-10-21(2)3;1-20(2)10-11-24-15-4-5-16-17(13-19-18(16)12-15)14-6-8-21(9-7-14)25(3,22)23;1-2-17-21(19,20)18-9-7-12(8-10-18)14-11-16-15-6-4-3-5-13(14)15;2*1-16-21(19,20)18-6-4-10(5-7-18)13-9-17-14-8-11(15)2-3-12(13)14/h4-6,12-13,20H,7-11H2,1-3H3;4-6,12-13,19H,7-11H2,1-3H3;3-6,11-12,16-17H,2,7-10H2,1H3;2-3,8-10,16-17H,4-7H2,1H3;2-4,8-9,16-17H,5-7H2,1H3. The maximum atomic E-state index is 13.2. The largest absolute Gasteiger partial charge is 0.492 e. The van der Waals surface area contributed by atoms with Crippen LogP contribution in [0.4, 0.5) is 8.78 Å². The summed E-state index contributed by atoms with van der Waals surface area (Å²) >= 11 is 0. The minimum atomic E-state index is -3.38. The Kier molecular flexibility index (Phi) is 28.3. The number of fused-ring (bicyclic) bond motifs is 5. The van der Waals surface area contributed by atoms with Crippen LogP contribution in [-0.2, 0) is 45.4 Å². The average Bonchev–Trinajstić information content (AvgIpc) is 1.65. The van der Waals surface area contributed by atoms with Gasteiger partial charge in [0.25, 0.3) is 30.6 Å². The second-order valence-corrected chi connectivity index (χ2v) is 36.4. The molecule has 0 spiro atoms. The Morgan fingerprint density at radius 2 is 0.866 bits per heavy atom. The smallest absolute Gasteiger partial charge is 0.279 e. The summed E-state index contributed by atoms with van der Waals surface area (Å²) < 4.78 is 145. The van der Waals surface area contributed by atoms with E-state index in [1.54, 1.807) is 30.3 Å². The molecule has 10 aromatic rings. The van der Waals surface area contributed by atoms with Crippen molar-refractivity contribution >= 4 is 118 Å². The fourth-order valence-electron chi connectivity index (χ4n) is 14.7. The van der Waals surface area contributed by atoms with E-state index in [0.717, 1.165) is 136 Å². The molecule has 5 aromatic heterocycles. The van der Waals surface area contributed by atoms with Crippen molar-refractivity contribution in [1.82, 2.24) is 71.0 Å². The number of hydrogen-bond acceptors (Lipinski definition) is 13. The molecule has 15 rings (SSSR count). The number of likely N-dealkylation sites (N-methyl/N-ethyl adjacent to an activating group) is 2. The Balaban J connectivity index is 0.000000139. The highest BCUT2D eigenvalue weighted by Gasteiger charge is 2.32. The third-order valence-corrected chi connectivity index (χ3v) is 27.1. The lowest BCUT2D eigenvalue weighted by molar-refractivity contribution is -0.128. The van der Waals surface area contributed by atoms with Gasteiger partial charge in [-0.3, -0.25) is 4.79 Å². The second-order valence-electron chi connectivity index (χ2n) is 28.9. The van der Waals surface area contributed by atoms with E-state index in [1.807, 2.05) is 94.2 Å². The van der Waals surface area contributed by atoms with Gasteiger partial charge < -0.3 is 49.1 Å². The Bertz CT molecular complexity index is 5480. The zero-order valence-electron chi connectivity index (χ0n) is 65.1. The van der Waals surface area contributed by atoms with Gasteiger partial charge in [-0.1, -0.05) is 43.4 Å². The summed E-state index contributed by atoms with van der Waals surface area (Å²) in [6, 6.07) is 29.9. The van der Waals surface area contributed by atoms with E-state index < -0.39 is 40.7 Å². The first kappa shape index (κ1) is 84.3. The minimum Gasteiger partial charge on any atom is -0.492 e. The molecule has 8 N–H and O–H groups in total. The number of H-pyrrole nitrogens is 5. The molecule has 0 atom stereocenters. The molecule has 0 radical (unpaired) electrons. The number of nitrogens with zero attached hydrogens (tertiary/aromatic N) is 7. The molecule has 10 heterocycles. The van der Waals surface area contributed by atoms with E-state index in [1.165, 1.54) is 90.6 Å². The van der Waals surface area contributed by atoms with Crippen molar-refractivity contribution in [2.75, 3.05) is 147 Å². The zero-order valence-corrected chi connectivity index (χ0v) is 68.3. The topological polar surface area (TPSA) is 310 Å². The van der Waals surface area contributed by atoms with Crippen LogP contribution in [-0.4, -0.2) is 243 Å². The van der Waals surface area contributed by atoms with Crippen LogP contribution < -0.4 is 23.6 Å². The van der Waals surface area contributed by atoms with Crippen LogP contribution in [0.2, 0.25) is 0 Å². The van der Waals surface area contributed by atoms with Gasteiger partial charge in [0.15, 0.2) is 0 Å². The summed E-state index contributed by atoms with van der Waals surface area (Å²) in [5, 5.41) is 5.57. The molecule has 112 heavy (non-hydrogen) atoms. The fourth-order valence-corrected chi connectivity index (χ4v) is 18.5. The van der Waals surface area contributed by atoms with Gasteiger partial charge in [-0.25, -0.2) is 31.4 Å². The number of piperidine rings is 2. The van der Waals surface area contributed by atoms with Gasteiger partial charge in [0.2, 0.25) is 15.9 Å². The number of benzene rings is 5. The Morgan fingerprint density at radius 1 is 0.473 bits per heavy atom. The molecular formula is C80H105F2N15O11S4. The summed E-state index contributed by atoms with van der Waals surface area (Å²) in [7, 11) is -2.18. The highest BCUT2D eigenvalue weighted by Crippen LogP contribution is 2.38. The third-order valence-electron chi connectivity index (χ3n) is 21.0. The summed E-state index contributed by atoms with van der Waals surface area (Å²) in [6.07, 6.45) is 22.7. The van der Waals surface area contributed by atoms with Crippen molar-refractivity contribution < 1.29 is 56.7 Å². The van der Waals surface area contributed by atoms with Gasteiger partial charge >= 0.3 is 0 Å². The van der Waals surface area contributed by atoms with Crippen LogP contribution in [0.1, 0.15) is 98.4 Å². The van der Waals surface area contributed by atoms with Crippen LogP contribution in [0.3, 0.4) is 0 Å². The van der Waals surface area contributed by atoms with Gasteiger partial charge in [0, 0.05) is 220 Å². The Morgan fingerprint density at radius 3 is 1.29 bits per heavy atom. The van der Waals surface area contributed by atoms with Crippen LogP contribution in [0.5, 0.6) is 11.5 Å². The van der Waals surface area contributed by atoms with E-state index in [0.29, 0.717) is 96.9 Å². The molecule has 604 valence electrons. The SMILES string of the molecule is CC(=O)N1CC=C(c2c[nH]c3cc(OCCN(C)C)ccc23)CC1.CCNS(=O)(=O)N1CCC(c2c[nH]c3ccccc23)CC1.CN(C)CCOc1ccc2c(C3=CCN(S(C)(=O)=O)CC3)c[nH]c2c1.CNS(=O)(=O)N1CC=C(c2c[nH]c3cc(F)ccc23)CC1.CNS(=O)(=O)N1CCC(c2c[nH]c3cc(F)ccc23)CC1. The number of halogens is 2. The van der Waals surface area contributed by atoms with Gasteiger partial charge in [-0.05, 0) is 180 Å². The number of aromatic amines is 5. The minimum absolute atomic E-state index is 0.142. The van der Waals surface area contributed by atoms with Gasteiger partial charge in [-0.15, -0.1) is 0 Å². The highest BCUT2D eigenvalue weighted by molar-refractivity contribution is 7.88. The fraction of sp³-hybridized carbons (Fsp3) is 0.412. The lowest BCUT2D eigenvalue weighted by atomic mass is 9.90. The molecule has 0 unspecified atom stereocenters. The molecule has 2 saturated heterocycles. The number of carbonyl (C=O) groups is 1. The van der Waals surface area contributed by atoms with Crippen LogP contribution in [0.25, 0.3) is 71.2 Å². The number of ether oxygens (including phenoxy) is 2. The first-order chi connectivity index (χ1) is 53.5. The number of sulfonamides is 1. The molecule has 5 aromatic carbocycles. The molecule has 0 aliphatic carbocycles. The normalized spacial score (nSPS) is 17.0. The summed E-state index contributed by atoms with van der Waals surface area (Å²) in [5.41, 5.74) is 14.2. The Hall–Kier alpha value is -8.61. The number of rotatable bonds is 21. The van der Waals surface area contributed by atoms with Crippen molar-refractivity contribution in [3.05, 3.63) is 186 Å². The summed E-state index contributed by atoms with van der Waals surface area (Å²) in [6.45, 7) is 12.4. The van der Waals surface area contributed by atoms with Crippen molar-refractivity contribution in [2.45, 2.75) is 70.6 Å². The van der Waals surface area contributed by atoms with E-state index in [9.17, 15) is 47.2 Å². The monoisotopic (exact) mass is 1620 g/mol. The number of aromatic nitrogens is 5. The predicted molar refractivity (Wildman–Crippen MR) is 443 cm³/mol. The van der Waals surface area contributed by atoms with Gasteiger partial charge in [0.1, 0.15) is 36.3 Å². The molecule has 32 heteroatoms. The van der Waals surface area contributed by atoms with Crippen molar-refractivity contribution in [3.63, 3.8) is 0 Å². The van der Waals surface area contributed by atoms with E-state index in [2.05, 4.69) is 97.7 Å². The number of carbonyl (C=O) groups excluding carboxylic acids is 1. The maximum Gasteiger partial charge on any atom is 0.279 e. The number of para-hydroxylation sites is 1.